The average molecular weight is 237 g/mol. The Bertz CT molecular complexity index is 340. The maximum absolute atomic E-state index is 13.3. The lowest BCUT2D eigenvalue weighted by Gasteiger charge is -2.39. The van der Waals surface area contributed by atoms with Gasteiger partial charge in [0.25, 0.3) is 0 Å². The number of rotatable bonds is 1. The molecule has 78 valence electrons. The van der Waals surface area contributed by atoms with Gasteiger partial charge < -0.3 is 11.1 Å². The van der Waals surface area contributed by atoms with Crippen LogP contribution in [-0.2, 0) is 5.54 Å². The molecule has 1 aliphatic heterocycles. The van der Waals surface area contributed by atoms with Crippen molar-refractivity contribution in [3.63, 3.8) is 0 Å². The molecule has 0 aromatic heterocycles. The summed E-state index contributed by atoms with van der Waals surface area (Å²) in [5.74, 6) is -0.284. The standard InChI is InChI=1S/C9H10ClFN2.ClH/c10-6-1-2-8(11)7(3-6)9(12)4-13-5-9;/h1-3,13H,4-5,12H2;1H. The fraction of sp³-hybridized carbons (Fsp3) is 0.333. The molecule has 2 nitrogen and oxygen atoms in total. The van der Waals surface area contributed by atoms with E-state index in [1.165, 1.54) is 12.1 Å². The molecule has 14 heavy (non-hydrogen) atoms. The van der Waals surface area contributed by atoms with Crippen molar-refractivity contribution >= 4 is 24.0 Å². The first kappa shape index (κ1) is 11.7. The van der Waals surface area contributed by atoms with E-state index in [0.29, 0.717) is 23.7 Å². The summed E-state index contributed by atoms with van der Waals surface area (Å²) in [5.41, 5.74) is 5.86. The molecule has 1 aromatic rings. The Kier molecular flexibility index (Phi) is 3.37. The third-order valence-electron chi connectivity index (χ3n) is 2.35. The monoisotopic (exact) mass is 236 g/mol. The highest BCUT2D eigenvalue weighted by molar-refractivity contribution is 6.30. The van der Waals surface area contributed by atoms with Gasteiger partial charge in [0.15, 0.2) is 0 Å². The minimum absolute atomic E-state index is 0. The van der Waals surface area contributed by atoms with Crippen molar-refractivity contribution in [1.29, 1.82) is 0 Å². The Morgan fingerprint density at radius 1 is 1.43 bits per heavy atom. The molecule has 0 aliphatic carbocycles. The SMILES string of the molecule is Cl.NC1(c2cc(Cl)ccc2F)CNC1. The van der Waals surface area contributed by atoms with Crippen LogP contribution in [0.2, 0.25) is 5.02 Å². The highest BCUT2D eigenvalue weighted by Gasteiger charge is 2.36. The van der Waals surface area contributed by atoms with E-state index in [1.54, 1.807) is 6.07 Å². The first-order valence-electron chi connectivity index (χ1n) is 4.07. The Labute approximate surface area is 93.0 Å². The molecule has 1 heterocycles. The van der Waals surface area contributed by atoms with Gasteiger partial charge in [-0.05, 0) is 18.2 Å². The number of benzene rings is 1. The Balaban J connectivity index is 0.000000980. The number of hydrogen-bond donors (Lipinski definition) is 2. The largest absolute Gasteiger partial charge is 0.319 e. The van der Waals surface area contributed by atoms with Gasteiger partial charge >= 0.3 is 0 Å². The number of nitrogens with one attached hydrogen (secondary N) is 1. The van der Waals surface area contributed by atoms with Gasteiger partial charge in [0.1, 0.15) is 5.82 Å². The molecule has 0 saturated carbocycles. The fourth-order valence-electron chi connectivity index (χ4n) is 1.46. The van der Waals surface area contributed by atoms with Crippen LogP contribution in [-0.4, -0.2) is 13.1 Å². The molecule has 0 atom stereocenters. The average Bonchev–Trinajstić information content (AvgIpc) is 2.05. The first-order chi connectivity index (χ1) is 6.12. The number of halogens is 3. The summed E-state index contributed by atoms with van der Waals surface area (Å²) in [6.07, 6.45) is 0. The summed E-state index contributed by atoms with van der Waals surface area (Å²) >= 11 is 5.76. The summed E-state index contributed by atoms with van der Waals surface area (Å²) < 4.78 is 13.3. The van der Waals surface area contributed by atoms with Crippen LogP contribution in [0.1, 0.15) is 5.56 Å². The first-order valence-corrected chi connectivity index (χ1v) is 4.45. The maximum atomic E-state index is 13.3. The van der Waals surface area contributed by atoms with E-state index in [-0.39, 0.29) is 18.2 Å². The Morgan fingerprint density at radius 3 is 2.57 bits per heavy atom. The minimum atomic E-state index is -0.574. The van der Waals surface area contributed by atoms with E-state index in [1.807, 2.05) is 0 Å². The van der Waals surface area contributed by atoms with Crippen molar-refractivity contribution in [1.82, 2.24) is 5.32 Å². The molecule has 1 aliphatic rings. The van der Waals surface area contributed by atoms with E-state index in [9.17, 15) is 4.39 Å². The number of hydrogen-bond acceptors (Lipinski definition) is 2. The van der Waals surface area contributed by atoms with E-state index >= 15 is 0 Å². The summed E-state index contributed by atoms with van der Waals surface area (Å²) in [7, 11) is 0. The lowest BCUT2D eigenvalue weighted by atomic mass is 9.85. The molecule has 1 aromatic carbocycles. The smallest absolute Gasteiger partial charge is 0.128 e. The quantitative estimate of drug-likeness (QED) is 0.779. The minimum Gasteiger partial charge on any atom is -0.319 e. The van der Waals surface area contributed by atoms with Gasteiger partial charge in [-0.2, -0.15) is 0 Å². The molecule has 0 radical (unpaired) electrons. The lowest BCUT2D eigenvalue weighted by molar-refractivity contribution is 0.277. The zero-order chi connectivity index (χ0) is 9.47. The van der Waals surface area contributed by atoms with Gasteiger partial charge in [-0.25, -0.2) is 4.39 Å². The van der Waals surface area contributed by atoms with Gasteiger partial charge in [0.05, 0.1) is 5.54 Å². The van der Waals surface area contributed by atoms with Gasteiger partial charge in [-0.1, -0.05) is 11.6 Å². The third kappa shape index (κ3) is 1.86. The van der Waals surface area contributed by atoms with Crippen molar-refractivity contribution in [3.8, 4) is 0 Å². The van der Waals surface area contributed by atoms with E-state index in [2.05, 4.69) is 5.32 Å². The molecule has 1 saturated heterocycles. The predicted octanol–water partition coefficient (Wildman–Crippen LogP) is 1.66. The van der Waals surface area contributed by atoms with Crippen LogP contribution >= 0.6 is 24.0 Å². The summed E-state index contributed by atoms with van der Waals surface area (Å²) in [6, 6.07) is 4.47. The second kappa shape index (κ2) is 4.03. The van der Waals surface area contributed by atoms with Crippen LogP contribution in [0, 0.1) is 5.82 Å². The van der Waals surface area contributed by atoms with Crippen LogP contribution < -0.4 is 11.1 Å². The number of nitrogens with two attached hydrogens (primary N) is 1. The van der Waals surface area contributed by atoms with Crippen molar-refractivity contribution in [3.05, 3.63) is 34.6 Å². The molecule has 2 rings (SSSR count). The topological polar surface area (TPSA) is 38.0 Å². The zero-order valence-electron chi connectivity index (χ0n) is 7.39. The highest BCUT2D eigenvalue weighted by atomic mass is 35.5. The summed E-state index contributed by atoms with van der Waals surface area (Å²) in [6.45, 7) is 1.20. The Hall–Kier alpha value is -0.350. The van der Waals surface area contributed by atoms with Gasteiger partial charge in [-0.15, -0.1) is 12.4 Å². The van der Waals surface area contributed by atoms with Gasteiger partial charge in [-0.3, -0.25) is 0 Å². The van der Waals surface area contributed by atoms with E-state index in [0.717, 1.165) is 0 Å². The maximum Gasteiger partial charge on any atom is 0.128 e. The van der Waals surface area contributed by atoms with Crippen LogP contribution in [0.3, 0.4) is 0 Å². The van der Waals surface area contributed by atoms with Crippen LogP contribution in [0.25, 0.3) is 0 Å². The van der Waals surface area contributed by atoms with E-state index in [4.69, 9.17) is 17.3 Å². The zero-order valence-corrected chi connectivity index (χ0v) is 8.96. The van der Waals surface area contributed by atoms with E-state index < -0.39 is 5.54 Å². The second-order valence-corrected chi connectivity index (χ2v) is 3.82. The molecule has 0 spiro atoms. The normalized spacial score (nSPS) is 18.2. The fourth-order valence-corrected chi connectivity index (χ4v) is 1.64. The van der Waals surface area contributed by atoms with Crippen molar-refractivity contribution < 1.29 is 4.39 Å². The summed E-state index contributed by atoms with van der Waals surface area (Å²) in [4.78, 5) is 0. The molecule has 0 bridgehead atoms. The highest BCUT2D eigenvalue weighted by Crippen LogP contribution is 2.27. The van der Waals surface area contributed by atoms with Crippen LogP contribution in [0.4, 0.5) is 4.39 Å². The Morgan fingerprint density at radius 2 is 2.07 bits per heavy atom. The molecule has 0 unspecified atom stereocenters. The molecular weight excluding hydrogens is 226 g/mol. The van der Waals surface area contributed by atoms with Crippen molar-refractivity contribution in [2.45, 2.75) is 5.54 Å². The molecule has 5 heteroatoms. The van der Waals surface area contributed by atoms with Crippen LogP contribution in [0.15, 0.2) is 18.2 Å². The third-order valence-corrected chi connectivity index (χ3v) is 2.58. The molecule has 3 N–H and O–H groups in total. The van der Waals surface area contributed by atoms with Gasteiger partial charge in [0, 0.05) is 23.7 Å². The van der Waals surface area contributed by atoms with Gasteiger partial charge in [0.2, 0.25) is 0 Å². The van der Waals surface area contributed by atoms with Crippen molar-refractivity contribution in [2.24, 2.45) is 5.73 Å². The molecule has 1 fully saturated rings. The lowest BCUT2D eigenvalue weighted by Crippen LogP contribution is -2.63. The van der Waals surface area contributed by atoms with Crippen LogP contribution in [0.5, 0.6) is 0 Å². The summed E-state index contributed by atoms with van der Waals surface area (Å²) in [5, 5.41) is 3.53. The molecular formula is C9H11Cl2FN2. The second-order valence-electron chi connectivity index (χ2n) is 3.38. The predicted molar refractivity (Wildman–Crippen MR) is 57.4 cm³/mol. The van der Waals surface area contributed by atoms with Crippen molar-refractivity contribution in [2.75, 3.05) is 13.1 Å². The molecule has 0 amide bonds.